The van der Waals surface area contributed by atoms with Crippen LogP contribution >= 0.6 is 11.7 Å². The number of benzene rings is 1. The van der Waals surface area contributed by atoms with Gasteiger partial charge in [0.15, 0.2) is 5.78 Å². The lowest BCUT2D eigenvalue weighted by Crippen LogP contribution is -2.20. The van der Waals surface area contributed by atoms with E-state index in [1.807, 2.05) is 0 Å². The van der Waals surface area contributed by atoms with Crippen molar-refractivity contribution in [2.24, 2.45) is 11.7 Å². The Balaban J connectivity index is 2.36. The molecule has 2 N–H and O–H groups in total. The molecule has 0 bridgehead atoms. The summed E-state index contributed by atoms with van der Waals surface area (Å²) in [7, 11) is 0. The minimum Gasteiger partial charge on any atom is -0.370 e. The van der Waals surface area contributed by atoms with Gasteiger partial charge in [-0.15, -0.1) is 0 Å². The second kappa shape index (κ2) is 4.58. The number of amides is 1. The lowest BCUT2D eigenvalue weighted by Gasteiger charge is -2.08. The lowest BCUT2D eigenvalue weighted by atomic mass is 9.95. The summed E-state index contributed by atoms with van der Waals surface area (Å²) in [5, 5.41) is 0. The fourth-order valence-electron chi connectivity index (χ4n) is 1.66. The first-order chi connectivity index (χ1) is 8.09. The van der Waals surface area contributed by atoms with E-state index in [0.717, 1.165) is 11.7 Å². The Labute approximate surface area is 102 Å². The molecule has 0 aliphatic heterocycles. The van der Waals surface area contributed by atoms with Gasteiger partial charge in [-0.05, 0) is 12.1 Å². The van der Waals surface area contributed by atoms with Crippen molar-refractivity contribution in [2.45, 2.75) is 13.3 Å². The Kier molecular flexibility index (Phi) is 3.14. The monoisotopic (exact) mass is 249 g/mol. The number of hydrogen-bond donors (Lipinski definition) is 1. The lowest BCUT2D eigenvalue weighted by molar-refractivity contribution is -0.118. The number of fused-ring (bicyclic) bond motifs is 1. The van der Waals surface area contributed by atoms with Gasteiger partial charge in [0.1, 0.15) is 11.0 Å². The van der Waals surface area contributed by atoms with Gasteiger partial charge in [-0.3, -0.25) is 9.59 Å². The predicted molar refractivity (Wildman–Crippen MR) is 64.7 cm³/mol. The topological polar surface area (TPSA) is 85.9 Å². The number of carbonyl (C=O) groups is 2. The molecule has 2 aromatic rings. The van der Waals surface area contributed by atoms with Gasteiger partial charge in [0, 0.05) is 17.9 Å². The highest BCUT2D eigenvalue weighted by atomic mass is 32.1. The molecule has 5 nitrogen and oxygen atoms in total. The number of rotatable bonds is 4. The van der Waals surface area contributed by atoms with Crippen molar-refractivity contribution >= 4 is 34.5 Å². The van der Waals surface area contributed by atoms with Crippen LogP contribution in [0.4, 0.5) is 0 Å². The fraction of sp³-hybridized carbons (Fsp3) is 0.273. The van der Waals surface area contributed by atoms with Gasteiger partial charge < -0.3 is 5.73 Å². The predicted octanol–water partition coefficient (Wildman–Crippen LogP) is 1.39. The van der Waals surface area contributed by atoms with Crippen LogP contribution in [-0.4, -0.2) is 20.4 Å². The SMILES string of the molecule is CC(CC(N)=O)C(=O)c1cccc2nsnc12. The van der Waals surface area contributed by atoms with Crippen LogP contribution < -0.4 is 5.73 Å². The van der Waals surface area contributed by atoms with Crippen LogP contribution in [0.1, 0.15) is 23.7 Å². The Hall–Kier alpha value is -1.82. The van der Waals surface area contributed by atoms with Crippen molar-refractivity contribution in [1.29, 1.82) is 0 Å². The molecule has 1 unspecified atom stereocenters. The van der Waals surface area contributed by atoms with Crippen molar-refractivity contribution in [2.75, 3.05) is 0 Å². The normalized spacial score (nSPS) is 12.5. The summed E-state index contributed by atoms with van der Waals surface area (Å²) >= 11 is 1.07. The van der Waals surface area contributed by atoms with Crippen LogP contribution in [0, 0.1) is 5.92 Å². The fourth-order valence-corrected chi connectivity index (χ4v) is 2.21. The average Bonchev–Trinajstić information content (AvgIpc) is 2.74. The number of nitrogens with two attached hydrogens (primary N) is 1. The molecule has 88 valence electrons. The van der Waals surface area contributed by atoms with Crippen LogP contribution in [0.25, 0.3) is 11.0 Å². The van der Waals surface area contributed by atoms with E-state index in [9.17, 15) is 9.59 Å². The molecule has 0 saturated heterocycles. The van der Waals surface area contributed by atoms with Gasteiger partial charge in [-0.25, -0.2) is 0 Å². The van der Waals surface area contributed by atoms with Crippen molar-refractivity contribution in [3.8, 4) is 0 Å². The Morgan fingerprint density at radius 2 is 2.18 bits per heavy atom. The third-order valence-electron chi connectivity index (χ3n) is 2.51. The van der Waals surface area contributed by atoms with Gasteiger partial charge in [0.25, 0.3) is 0 Å². The summed E-state index contributed by atoms with van der Waals surface area (Å²) < 4.78 is 8.16. The molecular formula is C11H11N3O2S. The number of nitrogens with zero attached hydrogens (tertiary/aromatic N) is 2. The summed E-state index contributed by atoms with van der Waals surface area (Å²) in [4.78, 5) is 22.9. The largest absolute Gasteiger partial charge is 0.370 e. The van der Waals surface area contributed by atoms with E-state index in [0.29, 0.717) is 16.6 Å². The number of primary amides is 1. The van der Waals surface area contributed by atoms with Crippen LogP contribution in [0.2, 0.25) is 0 Å². The molecule has 0 saturated carbocycles. The zero-order valence-electron chi connectivity index (χ0n) is 9.21. The smallest absolute Gasteiger partial charge is 0.218 e. The van der Waals surface area contributed by atoms with Crippen LogP contribution in [0.15, 0.2) is 18.2 Å². The van der Waals surface area contributed by atoms with Gasteiger partial charge >= 0.3 is 0 Å². The molecular weight excluding hydrogens is 238 g/mol. The van der Waals surface area contributed by atoms with Crippen LogP contribution in [-0.2, 0) is 4.79 Å². The zero-order valence-corrected chi connectivity index (χ0v) is 10.0. The maximum atomic E-state index is 12.1. The molecule has 0 aliphatic rings. The Bertz CT molecular complexity index is 579. The van der Waals surface area contributed by atoms with Crippen molar-refractivity contribution in [3.63, 3.8) is 0 Å². The Morgan fingerprint density at radius 1 is 1.41 bits per heavy atom. The number of carbonyl (C=O) groups excluding carboxylic acids is 2. The van der Waals surface area contributed by atoms with Gasteiger partial charge in [-0.1, -0.05) is 13.0 Å². The Morgan fingerprint density at radius 3 is 2.88 bits per heavy atom. The van der Waals surface area contributed by atoms with E-state index in [1.165, 1.54) is 0 Å². The van der Waals surface area contributed by atoms with E-state index in [4.69, 9.17) is 5.73 Å². The van der Waals surface area contributed by atoms with Crippen molar-refractivity contribution < 1.29 is 9.59 Å². The van der Waals surface area contributed by atoms with Crippen LogP contribution in [0.3, 0.4) is 0 Å². The van der Waals surface area contributed by atoms with E-state index in [-0.39, 0.29) is 12.2 Å². The zero-order chi connectivity index (χ0) is 12.4. The molecule has 2 rings (SSSR count). The summed E-state index contributed by atoms with van der Waals surface area (Å²) in [6, 6.07) is 5.26. The molecule has 0 fully saturated rings. The summed E-state index contributed by atoms with van der Waals surface area (Å²) in [5.74, 6) is -1.03. The van der Waals surface area contributed by atoms with Gasteiger partial charge in [-0.2, -0.15) is 8.75 Å². The first-order valence-electron chi connectivity index (χ1n) is 5.13. The van der Waals surface area contributed by atoms with E-state index in [1.54, 1.807) is 25.1 Å². The number of hydrogen-bond acceptors (Lipinski definition) is 5. The molecule has 1 aromatic heterocycles. The second-order valence-corrected chi connectivity index (χ2v) is 4.40. The first kappa shape index (κ1) is 11.7. The molecule has 0 spiro atoms. The maximum Gasteiger partial charge on any atom is 0.218 e. The summed E-state index contributed by atoms with van der Waals surface area (Å²) in [6.45, 7) is 1.69. The van der Waals surface area contributed by atoms with Crippen molar-refractivity contribution in [1.82, 2.24) is 8.75 Å². The molecule has 1 atom stereocenters. The number of Topliss-reactive ketones (excluding diaryl/α,β-unsaturated/α-hetero) is 1. The molecule has 1 aromatic carbocycles. The number of ketones is 1. The first-order valence-corrected chi connectivity index (χ1v) is 5.86. The van der Waals surface area contributed by atoms with E-state index >= 15 is 0 Å². The van der Waals surface area contributed by atoms with Gasteiger partial charge in [0.05, 0.1) is 11.7 Å². The van der Waals surface area contributed by atoms with Gasteiger partial charge in [0.2, 0.25) is 5.91 Å². The standard InChI is InChI=1S/C11H11N3O2S/c1-6(5-9(12)15)11(16)7-3-2-4-8-10(7)14-17-13-8/h2-4,6H,5H2,1H3,(H2,12,15). The summed E-state index contributed by atoms with van der Waals surface area (Å²) in [5.41, 5.74) is 6.89. The second-order valence-electron chi connectivity index (χ2n) is 3.87. The molecule has 1 amide bonds. The summed E-state index contributed by atoms with van der Waals surface area (Å²) in [6.07, 6.45) is 0.0484. The molecule has 6 heteroatoms. The highest BCUT2D eigenvalue weighted by Crippen LogP contribution is 2.20. The van der Waals surface area contributed by atoms with Crippen LogP contribution in [0.5, 0.6) is 0 Å². The minimum absolute atomic E-state index is 0.0484. The maximum absolute atomic E-state index is 12.1. The molecule has 17 heavy (non-hydrogen) atoms. The third-order valence-corrected chi connectivity index (χ3v) is 3.05. The molecule has 0 aliphatic carbocycles. The molecule has 1 heterocycles. The average molecular weight is 249 g/mol. The highest BCUT2D eigenvalue weighted by molar-refractivity contribution is 7.00. The minimum atomic E-state index is -0.477. The van der Waals surface area contributed by atoms with E-state index in [2.05, 4.69) is 8.75 Å². The number of aromatic nitrogens is 2. The highest BCUT2D eigenvalue weighted by Gasteiger charge is 2.20. The van der Waals surface area contributed by atoms with E-state index < -0.39 is 11.8 Å². The third kappa shape index (κ3) is 2.31. The quantitative estimate of drug-likeness (QED) is 0.829. The molecule has 0 radical (unpaired) electrons. The van der Waals surface area contributed by atoms with Crippen molar-refractivity contribution in [3.05, 3.63) is 23.8 Å².